The van der Waals surface area contributed by atoms with Crippen molar-refractivity contribution in [3.8, 4) is 11.5 Å². The van der Waals surface area contributed by atoms with Crippen molar-refractivity contribution in [2.24, 2.45) is 4.99 Å². The van der Waals surface area contributed by atoms with E-state index in [-0.39, 0.29) is 11.1 Å². The summed E-state index contributed by atoms with van der Waals surface area (Å²) in [5, 5.41) is 0. The Morgan fingerprint density at radius 2 is 1.85 bits per heavy atom. The lowest BCUT2D eigenvalue weighted by molar-refractivity contribution is -0.136. The molecule has 0 spiro atoms. The van der Waals surface area contributed by atoms with Gasteiger partial charge in [0.2, 0.25) is 0 Å². The minimum atomic E-state index is -0.711. The van der Waals surface area contributed by atoms with Gasteiger partial charge in [-0.15, -0.1) is 0 Å². The summed E-state index contributed by atoms with van der Waals surface area (Å²) in [6.07, 6.45) is 3.35. The normalized spacial score (nSPS) is 15.2. The number of carbonyl (C=O) groups excluding carboxylic acids is 1. The Labute approximate surface area is 201 Å². The second kappa shape index (κ2) is 10.1. The predicted molar refractivity (Wildman–Crippen MR) is 131 cm³/mol. The lowest BCUT2D eigenvalue weighted by atomic mass is 9.97. The summed E-state index contributed by atoms with van der Waals surface area (Å²) < 4.78 is 18.6. The number of methoxy groups -OCH3 is 1. The van der Waals surface area contributed by atoms with Gasteiger partial charge < -0.3 is 14.2 Å². The van der Waals surface area contributed by atoms with Gasteiger partial charge in [-0.1, -0.05) is 41.7 Å². The zero-order chi connectivity index (χ0) is 24.2. The van der Waals surface area contributed by atoms with Crippen LogP contribution < -0.4 is 24.4 Å². The Bertz CT molecular complexity index is 1430. The van der Waals surface area contributed by atoms with E-state index in [0.717, 1.165) is 11.1 Å². The number of ether oxygens (including phenoxy) is 3. The van der Waals surface area contributed by atoms with E-state index >= 15 is 0 Å². The lowest BCUT2D eigenvalue weighted by Crippen LogP contribution is -2.39. The lowest BCUT2D eigenvalue weighted by Gasteiger charge is -2.23. The highest BCUT2D eigenvalue weighted by atomic mass is 32.1. The van der Waals surface area contributed by atoms with E-state index in [1.165, 1.54) is 24.6 Å². The molecule has 1 aromatic heterocycles. The second-order valence-corrected chi connectivity index (χ2v) is 8.61. The van der Waals surface area contributed by atoms with Crippen LogP contribution in [0.5, 0.6) is 11.5 Å². The molecule has 0 saturated carbocycles. The van der Waals surface area contributed by atoms with Gasteiger partial charge in [-0.3, -0.25) is 9.36 Å². The summed E-state index contributed by atoms with van der Waals surface area (Å²) in [4.78, 5) is 31.2. The first-order chi connectivity index (χ1) is 16.5. The van der Waals surface area contributed by atoms with E-state index in [4.69, 9.17) is 14.2 Å². The molecule has 7 nitrogen and oxygen atoms in total. The average molecular weight is 479 g/mol. The van der Waals surface area contributed by atoms with Crippen LogP contribution >= 0.6 is 11.3 Å². The van der Waals surface area contributed by atoms with Crippen molar-refractivity contribution in [1.82, 2.24) is 4.57 Å². The van der Waals surface area contributed by atoms with Gasteiger partial charge in [0.25, 0.3) is 5.56 Å². The molecule has 0 fully saturated rings. The molecule has 0 bridgehead atoms. The Hall–Kier alpha value is -3.65. The number of hydrogen-bond donors (Lipinski definition) is 0. The van der Waals surface area contributed by atoms with E-state index < -0.39 is 12.0 Å². The maximum absolute atomic E-state index is 13.6. The first-order valence-corrected chi connectivity index (χ1v) is 11.8. The Morgan fingerprint density at radius 3 is 2.56 bits per heavy atom. The predicted octanol–water partition coefficient (Wildman–Crippen LogP) is 3.12. The third-order valence-electron chi connectivity index (χ3n) is 5.48. The number of rotatable bonds is 7. The number of esters is 1. The van der Waals surface area contributed by atoms with Crippen molar-refractivity contribution < 1.29 is 19.0 Å². The van der Waals surface area contributed by atoms with Crippen molar-refractivity contribution in [2.45, 2.75) is 26.8 Å². The van der Waals surface area contributed by atoms with Crippen LogP contribution in [0.15, 0.2) is 64.0 Å². The van der Waals surface area contributed by atoms with Crippen molar-refractivity contribution in [2.75, 3.05) is 20.3 Å². The van der Waals surface area contributed by atoms with E-state index in [9.17, 15) is 9.59 Å². The summed E-state index contributed by atoms with van der Waals surface area (Å²) in [6.45, 7) is 6.71. The Balaban J connectivity index is 1.92. The molecule has 1 aliphatic heterocycles. The van der Waals surface area contributed by atoms with E-state index in [1.807, 2.05) is 57.2 Å². The van der Waals surface area contributed by atoms with Crippen LogP contribution in [-0.4, -0.2) is 30.9 Å². The first-order valence-electron chi connectivity index (χ1n) is 11.0. The summed E-state index contributed by atoms with van der Waals surface area (Å²) in [5.74, 6) is 0.600. The number of nitrogens with zero attached hydrogens (tertiary/aromatic N) is 2. The molecule has 1 aliphatic rings. The monoisotopic (exact) mass is 478 g/mol. The Morgan fingerprint density at radius 1 is 1.12 bits per heavy atom. The molecule has 0 radical (unpaired) electrons. The highest BCUT2D eigenvalue weighted by Gasteiger charge is 2.31. The number of carbonyl (C=O) groups is 1. The van der Waals surface area contributed by atoms with Crippen LogP contribution in [0, 0.1) is 6.92 Å². The van der Waals surface area contributed by atoms with Gasteiger partial charge in [-0.25, -0.2) is 9.79 Å². The largest absolute Gasteiger partial charge is 0.490 e. The molecule has 0 unspecified atom stereocenters. The smallest absolute Gasteiger partial charge is 0.337 e. The zero-order valence-electron chi connectivity index (χ0n) is 19.5. The number of aryl methyl sites for hydroxylation is 1. The molecule has 2 heterocycles. The molecule has 3 aromatic rings. The van der Waals surface area contributed by atoms with Crippen LogP contribution in [0.4, 0.5) is 0 Å². The fourth-order valence-corrected chi connectivity index (χ4v) is 4.84. The summed E-state index contributed by atoms with van der Waals surface area (Å²) in [7, 11) is 1.31. The van der Waals surface area contributed by atoms with Crippen LogP contribution in [0.1, 0.15) is 36.6 Å². The zero-order valence-corrected chi connectivity index (χ0v) is 20.3. The van der Waals surface area contributed by atoms with Gasteiger partial charge in [-0.05, 0) is 55.7 Å². The molecule has 0 aliphatic carbocycles. The molecule has 8 heteroatoms. The SMILES string of the molecule is CCOc1ccc([C@H]2C(C(=O)OC)=CN=c3s/c(=C\c4ccccc4C)c(=O)n32)cc1OCC. The van der Waals surface area contributed by atoms with Crippen LogP contribution in [0.25, 0.3) is 6.08 Å². The van der Waals surface area contributed by atoms with Gasteiger partial charge >= 0.3 is 5.97 Å². The van der Waals surface area contributed by atoms with Crippen molar-refractivity contribution >= 4 is 23.4 Å². The van der Waals surface area contributed by atoms with Gasteiger partial charge in [0, 0.05) is 6.20 Å². The molecule has 0 amide bonds. The summed E-state index contributed by atoms with van der Waals surface area (Å²) >= 11 is 1.29. The minimum absolute atomic E-state index is 0.224. The Kier molecular flexibility index (Phi) is 6.98. The third kappa shape index (κ3) is 4.41. The van der Waals surface area contributed by atoms with Crippen molar-refractivity contribution in [3.63, 3.8) is 0 Å². The number of fused-ring (bicyclic) bond motifs is 1. The molecular formula is C26H26N2O5S. The van der Waals surface area contributed by atoms with Gasteiger partial charge in [0.1, 0.15) is 0 Å². The standard InChI is InChI=1S/C26H26N2O5S/c1-5-32-20-12-11-18(13-21(20)33-6-2)23-19(25(30)31-4)15-27-26-28(23)24(29)22(34-26)14-17-10-8-7-9-16(17)3/h7-15,23H,5-6H2,1-4H3/b22-14-/t23-/m0/s1. The third-order valence-corrected chi connectivity index (χ3v) is 6.48. The number of benzene rings is 2. The van der Waals surface area contributed by atoms with Gasteiger partial charge in [0.15, 0.2) is 16.3 Å². The molecule has 0 saturated heterocycles. The molecular weight excluding hydrogens is 452 g/mol. The van der Waals surface area contributed by atoms with Gasteiger partial charge in [0.05, 0.1) is 36.5 Å². The maximum Gasteiger partial charge on any atom is 0.337 e. The van der Waals surface area contributed by atoms with E-state index in [2.05, 4.69) is 4.99 Å². The molecule has 34 heavy (non-hydrogen) atoms. The topological polar surface area (TPSA) is 79.1 Å². The molecule has 0 N–H and O–H groups in total. The highest BCUT2D eigenvalue weighted by Crippen LogP contribution is 2.35. The number of thiazole rings is 1. The second-order valence-electron chi connectivity index (χ2n) is 7.60. The summed E-state index contributed by atoms with van der Waals surface area (Å²) in [5.41, 5.74) is 2.76. The van der Waals surface area contributed by atoms with Crippen molar-refractivity contribution in [3.05, 3.63) is 90.6 Å². The first kappa shape index (κ1) is 23.5. The molecule has 176 valence electrons. The van der Waals surface area contributed by atoms with E-state index in [0.29, 0.717) is 39.6 Å². The highest BCUT2D eigenvalue weighted by molar-refractivity contribution is 7.07. The quantitative estimate of drug-likeness (QED) is 0.488. The fourth-order valence-electron chi connectivity index (χ4n) is 3.88. The van der Waals surface area contributed by atoms with Crippen LogP contribution in [0.2, 0.25) is 0 Å². The fraction of sp³-hybridized carbons (Fsp3) is 0.269. The maximum atomic E-state index is 13.6. The van der Waals surface area contributed by atoms with Crippen molar-refractivity contribution in [1.29, 1.82) is 0 Å². The minimum Gasteiger partial charge on any atom is -0.490 e. The molecule has 1 atom stereocenters. The van der Waals surface area contributed by atoms with Gasteiger partial charge in [-0.2, -0.15) is 0 Å². The number of aromatic nitrogens is 1. The average Bonchev–Trinajstić information content (AvgIpc) is 3.16. The molecule has 2 aromatic carbocycles. The molecule has 4 rings (SSSR count). The van der Waals surface area contributed by atoms with E-state index in [1.54, 1.807) is 16.7 Å². The number of hydrogen-bond acceptors (Lipinski definition) is 7. The summed E-state index contributed by atoms with van der Waals surface area (Å²) in [6, 6.07) is 12.6. The van der Waals surface area contributed by atoms with Crippen LogP contribution in [0.3, 0.4) is 0 Å². The van der Waals surface area contributed by atoms with Crippen LogP contribution in [-0.2, 0) is 9.53 Å².